The van der Waals surface area contributed by atoms with Crippen LogP contribution in [0.15, 0.2) is 48.7 Å². The first kappa shape index (κ1) is 20.6. The van der Waals surface area contributed by atoms with Gasteiger partial charge in [0.1, 0.15) is 18.2 Å². The van der Waals surface area contributed by atoms with Gasteiger partial charge in [-0.25, -0.2) is 18.7 Å². The molecule has 0 aliphatic carbocycles. The molecule has 2 N–H and O–H groups in total. The highest BCUT2D eigenvalue weighted by Gasteiger charge is 2.36. The van der Waals surface area contributed by atoms with Crippen molar-refractivity contribution in [3.05, 3.63) is 65.9 Å². The van der Waals surface area contributed by atoms with E-state index in [1.54, 1.807) is 0 Å². The monoisotopic (exact) mass is 460 g/mol. The van der Waals surface area contributed by atoms with Gasteiger partial charge >= 0.3 is 0 Å². The van der Waals surface area contributed by atoms with Crippen molar-refractivity contribution < 1.29 is 13.5 Å². The Labute approximate surface area is 193 Å². The van der Waals surface area contributed by atoms with Crippen LogP contribution in [0.4, 0.5) is 14.6 Å². The van der Waals surface area contributed by atoms with Gasteiger partial charge in [-0.3, -0.25) is 4.57 Å². The molecule has 0 amide bonds. The normalized spacial score (nSPS) is 14.5. The van der Waals surface area contributed by atoms with Gasteiger partial charge in [0.15, 0.2) is 22.8 Å². The molecule has 34 heavy (non-hydrogen) atoms. The van der Waals surface area contributed by atoms with Crippen LogP contribution >= 0.6 is 0 Å². The van der Waals surface area contributed by atoms with Gasteiger partial charge in [0, 0.05) is 29.7 Å². The van der Waals surface area contributed by atoms with Gasteiger partial charge in [-0.15, -0.1) is 0 Å². The molecular formula is C25H22F2N6O. The van der Waals surface area contributed by atoms with Crippen molar-refractivity contribution in [1.82, 2.24) is 24.5 Å². The number of fused-ring (bicyclic) bond motifs is 4. The number of anilines is 1. The Morgan fingerprint density at radius 3 is 2.82 bits per heavy atom. The molecule has 1 aliphatic heterocycles. The summed E-state index contributed by atoms with van der Waals surface area (Å²) in [5.74, 6) is -0.741. The van der Waals surface area contributed by atoms with Crippen molar-refractivity contribution >= 4 is 27.9 Å². The number of hydrogen-bond acceptors (Lipinski definition) is 5. The van der Waals surface area contributed by atoms with E-state index in [2.05, 4.69) is 31.3 Å². The van der Waals surface area contributed by atoms with E-state index in [1.165, 1.54) is 23.1 Å². The number of halogens is 2. The van der Waals surface area contributed by atoms with Crippen LogP contribution in [-0.2, 0) is 12.0 Å². The zero-order valence-corrected chi connectivity index (χ0v) is 18.7. The number of benzene rings is 2. The second-order valence-corrected chi connectivity index (χ2v) is 9.06. The van der Waals surface area contributed by atoms with Gasteiger partial charge in [0.2, 0.25) is 0 Å². The molecule has 4 heterocycles. The Morgan fingerprint density at radius 2 is 1.97 bits per heavy atom. The van der Waals surface area contributed by atoms with E-state index in [0.717, 1.165) is 18.0 Å². The molecule has 2 aromatic carbocycles. The fraction of sp³-hybridized carbons (Fsp3) is 0.240. The SMILES string of the molecule is CC1(C)COc2nc3c(NCCc4c[nH]c5ccccc45)nc(-c4ccc(F)cc4F)nc3n21. The number of nitrogens with one attached hydrogen (secondary N) is 2. The predicted octanol–water partition coefficient (Wildman–Crippen LogP) is 5.03. The van der Waals surface area contributed by atoms with Crippen LogP contribution in [0.2, 0.25) is 0 Å². The molecule has 0 fully saturated rings. The number of aromatic nitrogens is 5. The number of aromatic amines is 1. The minimum absolute atomic E-state index is 0.121. The lowest BCUT2D eigenvalue weighted by molar-refractivity contribution is 0.268. The van der Waals surface area contributed by atoms with Crippen LogP contribution in [0.1, 0.15) is 19.4 Å². The highest BCUT2D eigenvalue weighted by atomic mass is 19.1. The standard InChI is InChI=1S/C25H22F2N6O/c1-25(2)13-34-24-30-20-22(28-10-9-14-12-29-19-6-4-3-5-16(14)19)31-21(32-23(20)33(24)25)17-8-7-15(26)11-18(17)27/h3-8,11-12,29H,9-10,13H2,1-2H3,(H,28,31,32). The number of hydrogen-bond donors (Lipinski definition) is 2. The largest absolute Gasteiger partial charge is 0.462 e. The van der Waals surface area contributed by atoms with Gasteiger partial charge in [0.05, 0.1) is 11.1 Å². The third kappa shape index (κ3) is 3.27. The van der Waals surface area contributed by atoms with Crippen LogP contribution in [0, 0.1) is 11.6 Å². The molecule has 172 valence electrons. The molecule has 0 bridgehead atoms. The summed E-state index contributed by atoms with van der Waals surface area (Å²) < 4.78 is 35.8. The number of imidazole rings is 1. The highest BCUT2D eigenvalue weighted by Crippen LogP contribution is 2.37. The Kier molecular flexibility index (Phi) is 4.55. The minimum Gasteiger partial charge on any atom is -0.462 e. The number of H-pyrrole nitrogens is 1. The maximum Gasteiger partial charge on any atom is 0.299 e. The molecule has 7 nitrogen and oxygen atoms in total. The average molecular weight is 460 g/mol. The van der Waals surface area contributed by atoms with Crippen molar-refractivity contribution in [1.29, 1.82) is 0 Å². The molecule has 3 aromatic heterocycles. The Morgan fingerprint density at radius 1 is 1.12 bits per heavy atom. The molecule has 0 saturated carbocycles. The van der Waals surface area contributed by atoms with Crippen molar-refractivity contribution in [2.75, 3.05) is 18.5 Å². The Hall–Kier alpha value is -4.01. The second kappa shape index (κ2) is 7.51. The number of nitrogens with zero attached hydrogens (tertiary/aromatic N) is 4. The van der Waals surface area contributed by atoms with Crippen molar-refractivity contribution in [2.24, 2.45) is 0 Å². The summed E-state index contributed by atoms with van der Waals surface area (Å²) >= 11 is 0. The summed E-state index contributed by atoms with van der Waals surface area (Å²) in [7, 11) is 0. The molecule has 0 atom stereocenters. The van der Waals surface area contributed by atoms with E-state index in [4.69, 9.17) is 4.74 Å². The predicted molar refractivity (Wildman–Crippen MR) is 126 cm³/mol. The summed E-state index contributed by atoms with van der Waals surface area (Å²) in [4.78, 5) is 17.1. The fourth-order valence-electron chi connectivity index (χ4n) is 4.45. The van der Waals surface area contributed by atoms with Crippen LogP contribution in [0.5, 0.6) is 6.01 Å². The maximum absolute atomic E-state index is 14.6. The molecule has 0 unspecified atom stereocenters. The zero-order valence-electron chi connectivity index (χ0n) is 18.7. The lowest BCUT2D eigenvalue weighted by atomic mass is 10.1. The minimum atomic E-state index is -0.722. The van der Waals surface area contributed by atoms with Crippen molar-refractivity contribution in [3.63, 3.8) is 0 Å². The van der Waals surface area contributed by atoms with E-state index >= 15 is 0 Å². The summed E-state index contributed by atoms with van der Waals surface area (Å²) in [6, 6.07) is 12.0. The van der Waals surface area contributed by atoms with Crippen LogP contribution < -0.4 is 10.1 Å². The molecule has 0 radical (unpaired) electrons. The van der Waals surface area contributed by atoms with E-state index in [0.29, 0.717) is 36.1 Å². The number of ether oxygens (including phenoxy) is 1. The summed E-state index contributed by atoms with van der Waals surface area (Å²) in [6.07, 6.45) is 2.74. The Balaban J connectivity index is 1.41. The van der Waals surface area contributed by atoms with Crippen molar-refractivity contribution in [3.8, 4) is 17.4 Å². The van der Waals surface area contributed by atoms with Gasteiger partial charge < -0.3 is 15.0 Å². The lowest BCUT2D eigenvalue weighted by Gasteiger charge is -2.18. The van der Waals surface area contributed by atoms with Crippen LogP contribution in [-0.4, -0.2) is 37.7 Å². The number of para-hydroxylation sites is 1. The summed E-state index contributed by atoms with van der Waals surface area (Å²) in [5.41, 5.74) is 3.10. The average Bonchev–Trinajstić information content (AvgIpc) is 3.47. The molecule has 1 aliphatic rings. The van der Waals surface area contributed by atoms with E-state index in [-0.39, 0.29) is 16.9 Å². The van der Waals surface area contributed by atoms with Crippen LogP contribution in [0.3, 0.4) is 0 Å². The topological polar surface area (TPSA) is 80.7 Å². The molecule has 9 heteroatoms. The van der Waals surface area contributed by atoms with Gasteiger partial charge in [-0.1, -0.05) is 18.2 Å². The first-order chi connectivity index (χ1) is 16.4. The zero-order chi connectivity index (χ0) is 23.4. The summed E-state index contributed by atoms with van der Waals surface area (Å²) in [5, 5.41) is 4.52. The first-order valence-corrected chi connectivity index (χ1v) is 11.1. The van der Waals surface area contributed by atoms with Gasteiger partial charge in [-0.2, -0.15) is 4.98 Å². The molecular weight excluding hydrogens is 438 g/mol. The maximum atomic E-state index is 14.6. The van der Waals surface area contributed by atoms with Gasteiger partial charge in [-0.05, 0) is 44.0 Å². The van der Waals surface area contributed by atoms with E-state index in [1.807, 2.05) is 42.8 Å². The van der Waals surface area contributed by atoms with E-state index in [9.17, 15) is 8.78 Å². The second-order valence-electron chi connectivity index (χ2n) is 9.06. The quantitative estimate of drug-likeness (QED) is 0.384. The highest BCUT2D eigenvalue weighted by molar-refractivity contribution is 5.87. The molecule has 6 rings (SSSR count). The summed E-state index contributed by atoms with van der Waals surface area (Å²) in [6.45, 7) is 5.08. The number of rotatable bonds is 5. The lowest BCUT2D eigenvalue weighted by Crippen LogP contribution is -2.26. The van der Waals surface area contributed by atoms with Crippen molar-refractivity contribution in [2.45, 2.75) is 25.8 Å². The van der Waals surface area contributed by atoms with Gasteiger partial charge in [0.25, 0.3) is 6.01 Å². The first-order valence-electron chi connectivity index (χ1n) is 11.1. The van der Waals surface area contributed by atoms with Crippen LogP contribution in [0.25, 0.3) is 33.5 Å². The Bertz CT molecular complexity index is 1550. The molecule has 0 spiro atoms. The smallest absolute Gasteiger partial charge is 0.299 e. The third-order valence-corrected chi connectivity index (χ3v) is 6.17. The molecule has 0 saturated heterocycles. The molecule has 5 aromatic rings. The fourth-order valence-corrected chi connectivity index (χ4v) is 4.45. The third-order valence-electron chi connectivity index (χ3n) is 6.17. The van der Waals surface area contributed by atoms with E-state index < -0.39 is 11.6 Å².